The van der Waals surface area contributed by atoms with Crippen molar-refractivity contribution in [2.45, 2.75) is 44.7 Å². The topological polar surface area (TPSA) is 115 Å². The lowest BCUT2D eigenvalue weighted by atomic mass is 9.93. The van der Waals surface area contributed by atoms with Crippen molar-refractivity contribution >= 4 is 49.6 Å². The van der Waals surface area contributed by atoms with Gasteiger partial charge in [-0.05, 0) is 74.4 Å². The maximum absolute atomic E-state index is 14.7. The van der Waals surface area contributed by atoms with Gasteiger partial charge in [-0.2, -0.15) is 0 Å². The molecule has 2 aliphatic heterocycles. The fraction of sp³-hybridized carbons (Fsp3) is 0.483. The molecule has 3 heterocycles. The number of carbonyl (C=O) groups excluding carboxylic acids is 1. The van der Waals surface area contributed by atoms with Crippen molar-refractivity contribution in [3.8, 4) is 0 Å². The van der Waals surface area contributed by atoms with Crippen LogP contribution in [0, 0.1) is 5.41 Å². The molecule has 11 heteroatoms. The number of hydrogen-bond donors (Lipinski definition) is 3. The predicted octanol–water partition coefficient (Wildman–Crippen LogP) is 4.74. The number of alkyl halides is 1. The summed E-state index contributed by atoms with van der Waals surface area (Å²) in [7, 11) is -3.70. The number of hydrogen-bond acceptors (Lipinski definition) is 7. The number of amides is 1. The second-order valence-electron chi connectivity index (χ2n) is 11.7. The predicted molar refractivity (Wildman–Crippen MR) is 155 cm³/mol. The molecular formula is C29H35FN4O5S. The molecule has 1 aromatic heterocycles. The lowest BCUT2D eigenvalue weighted by molar-refractivity contribution is 0.102. The summed E-state index contributed by atoms with van der Waals surface area (Å²) in [6, 6.07) is 10.4. The Hall–Kier alpha value is -3.31. The SMILES string of the molecule is CC1(F)CCN(c2cc(C(=O)Nc3ccc(NS(=O)(=O)CCO)cc3N3CCC4(CC3)CC4)cc3ccoc23)C1. The van der Waals surface area contributed by atoms with E-state index in [4.69, 9.17) is 9.52 Å². The minimum Gasteiger partial charge on any atom is -0.462 e. The number of furan rings is 1. The Labute approximate surface area is 233 Å². The van der Waals surface area contributed by atoms with Gasteiger partial charge >= 0.3 is 0 Å². The number of sulfonamides is 1. The molecule has 0 radical (unpaired) electrons. The van der Waals surface area contributed by atoms with Crippen LogP contribution in [0.4, 0.5) is 27.1 Å². The first-order valence-corrected chi connectivity index (χ1v) is 15.5. The summed E-state index contributed by atoms with van der Waals surface area (Å²) in [4.78, 5) is 17.7. The molecule has 2 aromatic carbocycles. The molecule has 214 valence electrons. The van der Waals surface area contributed by atoms with E-state index in [0.717, 1.165) is 37.0 Å². The summed E-state index contributed by atoms with van der Waals surface area (Å²) in [6.07, 6.45) is 6.60. The highest BCUT2D eigenvalue weighted by atomic mass is 32.2. The molecular weight excluding hydrogens is 535 g/mol. The first kappa shape index (κ1) is 26.9. The van der Waals surface area contributed by atoms with E-state index in [9.17, 15) is 17.6 Å². The van der Waals surface area contributed by atoms with Gasteiger partial charge in [0.25, 0.3) is 5.91 Å². The number of benzene rings is 2. The Kier molecular flexibility index (Phi) is 6.69. The number of aliphatic hydroxyl groups excluding tert-OH is 1. The van der Waals surface area contributed by atoms with Gasteiger partial charge in [0.15, 0.2) is 5.58 Å². The molecule has 9 nitrogen and oxygen atoms in total. The number of carbonyl (C=O) groups is 1. The van der Waals surface area contributed by atoms with Gasteiger partial charge in [0.1, 0.15) is 5.67 Å². The van der Waals surface area contributed by atoms with Gasteiger partial charge in [-0.15, -0.1) is 0 Å². The van der Waals surface area contributed by atoms with E-state index in [1.54, 1.807) is 49.6 Å². The number of fused-ring (bicyclic) bond motifs is 1. The van der Waals surface area contributed by atoms with E-state index in [1.165, 1.54) is 12.8 Å². The third-order valence-electron chi connectivity index (χ3n) is 8.56. The Bertz CT molecular complexity index is 1540. The summed E-state index contributed by atoms with van der Waals surface area (Å²) >= 11 is 0. The van der Waals surface area contributed by atoms with Crippen LogP contribution in [0.3, 0.4) is 0 Å². The maximum atomic E-state index is 14.7. The van der Waals surface area contributed by atoms with Crippen LogP contribution < -0.4 is 19.8 Å². The van der Waals surface area contributed by atoms with Gasteiger partial charge in [-0.1, -0.05) is 0 Å². The van der Waals surface area contributed by atoms with Crippen LogP contribution in [0.25, 0.3) is 11.0 Å². The van der Waals surface area contributed by atoms with Crippen LogP contribution in [0.2, 0.25) is 0 Å². The van der Waals surface area contributed by atoms with Crippen LogP contribution in [0.15, 0.2) is 47.1 Å². The van der Waals surface area contributed by atoms with E-state index < -0.39 is 28.1 Å². The summed E-state index contributed by atoms with van der Waals surface area (Å²) < 4.78 is 47.5. The van der Waals surface area contributed by atoms with Crippen molar-refractivity contribution in [2.24, 2.45) is 5.41 Å². The second-order valence-corrected chi connectivity index (χ2v) is 13.6. The number of anilines is 4. The lowest BCUT2D eigenvalue weighted by Crippen LogP contribution is -2.35. The fourth-order valence-electron chi connectivity index (χ4n) is 5.97. The largest absolute Gasteiger partial charge is 0.462 e. The van der Waals surface area contributed by atoms with E-state index in [1.807, 2.05) is 4.90 Å². The molecule has 1 atom stereocenters. The standard InChI is InChI=1S/C29H35FN4O5S/c1-28(30)7-10-34(19-28)25-17-21(16-20-4-14-39-26(20)25)27(36)31-23-3-2-22(32-40(37,38)15-13-35)18-24(23)33-11-8-29(5-6-29)9-12-33/h2-4,14,16-18,32,35H,5-13,15,19H2,1H3,(H,31,36). The van der Waals surface area contributed by atoms with Crippen molar-refractivity contribution in [2.75, 3.05) is 58.4 Å². The Morgan fingerprint density at radius 2 is 1.77 bits per heavy atom. The molecule has 0 bridgehead atoms. The molecule has 1 spiro atoms. The van der Waals surface area contributed by atoms with Crippen molar-refractivity contribution in [1.29, 1.82) is 0 Å². The molecule has 40 heavy (non-hydrogen) atoms. The number of halogens is 1. The van der Waals surface area contributed by atoms with Crippen LogP contribution in [0.5, 0.6) is 0 Å². The highest BCUT2D eigenvalue weighted by molar-refractivity contribution is 7.92. The third-order valence-corrected chi connectivity index (χ3v) is 9.83. The quantitative estimate of drug-likeness (QED) is 0.358. The average molecular weight is 571 g/mol. The van der Waals surface area contributed by atoms with E-state index in [-0.39, 0.29) is 12.5 Å². The molecule has 1 unspecified atom stereocenters. The zero-order chi connectivity index (χ0) is 28.1. The summed E-state index contributed by atoms with van der Waals surface area (Å²) in [6.45, 7) is 3.50. The van der Waals surface area contributed by atoms with E-state index in [2.05, 4.69) is 14.9 Å². The number of piperidine rings is 1. The van der Waals surface area contributed by atoms with Crippen molar-refractivity contribution in [1.82, 2.24) is 0 Å². The smallest absolute Gasteiger partial charge is 0.255 e. The monoisotopic (exact) mass is 570 g/mol. The Morgan fingerprint density at radius 1 is 1.02 bits per heavy atom. The van der Waals surface area contributed by atoms with Crippen molar-refractivity contribution < 1.29 is 27.1 Å². The van der Waals surface area contributed by atoms with E-state index in [0.29, 0.717) is 46.6 Å². The maximum Gasteiger partial charge on any atom is 0.255 e. The molecule has 2 saturated heterocycles. The molecule has 3 N–H and O–H groups in total. The summed E-state index contributed by atoms with van der Waals surface area (Å²) in [5.41, 5.74) is 2.57. The van der Waals surface area contributed by atoms with Gasteiger partial charge in [0.2, 0.25) is 10.0 Å². The van der Waals surface area contributed by atoms with Gasteiger partial charge in [-0.25, -0.2) is 12.8 Å². The van der Waals surface area contributed by atoms with Crippen molar-refractivity contribution in [3.63, 3.8) is 0 Å². The lowest BCUT2D eigenvalue weighted by Gasteiger charge is -2.35. The minimum absolute atomic E-state index is 0.224. The number of aliphatic hydroxyl groups is 1. The Balaban J connectivity index is 1.30. The number of nitrogens with zero attached hydrogens (tertiary/aromatic N) is 2. The van der Waals surface area contributed by atoms with Crippen LogP contribution in [0.1, 0.15) is 49.4 Å². The number of nitrogens with one attached hydrogen (secondary N) is 2. The molecule has 3 fully saturated rings. The molecule has 6 rings (SSSR count). The zero-order valence-electron chi connectivity index (χ0n) is 22.6. The summed E-state index contributed by atoms with van der Waals surface area (Å²) in [5, 5.41) is 12.9. The first-order chi connectivity index (χ1) is 19.1. The summed E-state index contributed by atoms with van der Waals surface area (Å²) in [5.74, 6) is -0.720. The molecule has 1 amide bonds. The average Bonchev–Trinajstić information content (AvgIpc) is 3.30. The second kappa shape index (κ2) is 9.95. The van der Waals surface area contributed by atoms with E-state index >= 15 is 0 Å². The van der Waals surface area contributed by atoms with Crippen LogP contribution in [-0.2, 0) is 10.0 Å². The van der Waals surface area contributed by atoms with Crippen LogP contribution >= 0.6 is 0 Å². The van der Waals surface area contributed by atoms with Crippen LogP contribution in [-0.4, -0.2) is 63.6 Å². The fourth-order valence-corrected chi connectivity index (χ4v) is 6.79. The molecule has 3 aliphatic rings. The van der Waals surface area contributed by atoms with Crippen molar-refractivity contribution in [3.05, 3.63) is 48.2 Å². The normalized spacial score (nSPS) is 22.2. The Morgan fingerprint density at radius 3 is 2.45 bits per heavy atom. The highest BCUT2D eigenvalue weighted by Crippen LogP contribution is 2.54. The molecule has 1 aliphatic carbocycles. The zero-order valence-corrected chi connectivity index (χ0v) is 23.4. The number of rotatable bonds is 8. The molecule has 1 saturated carbocycles. The van der Waals surface area contributed by atoms with Gasteiger partial charge in [0.05, 0.1) is 47.9 Å². The van der Waals surface area contributed by atoms with Gasteiger partial charge < -0.3 is 24.6 Å². The molecule has 3 aromatic rings. The minimum atomic E-state index is -3.70. The highest BCUT2D eigenvalue weighted by Gasteiger charge is 2.44. The first-order valence-electron chi connectivity index (χ1n) is 13.8. The van der Waals surface area contributed by atoms with Gasteiger partial charge in [0, 0.05) is 37.0 Å². The van der Waals surface area contributed by atoms with Gasteiger partial charge in [-0.3, -0.25) is 9.52 Å². The third kappa shape index (κ3) is 5.49.